The lowest BCUT2D eigenvalue weighted by molar-refractivity contribution is 0.199. The highest BCUT2D eigenvalue weighted by molar-refractivity contribution is 5.86. The number of amides is 2. The lowest BCUT2D eigenvalue weighted by Gasteiger charge is -2.23. The number of aryl methyl sites for hydroxylation is 1. The maximum absolute atomic E-state index is 12.3. The fourth-order valence-corrected chi connectivity index (χ4v) is 4.29. The lowest BCUT2D eigenvalue weighted by Crippen LogP contribution is -2.34. The molecule has 0 radical (unpaired) electrons. The molecule has 3 aromatic carbocycles. The first-order valence-corrected chi connectivity index (χ1v) is 9.44. The van der Waals surface area contributed by atoms with Crippen LogP contribution in [0.2, 0.25) is 0 Å². The van der Waals surface area contributed by atoms with Crippen LogP contribution >= 0.6 is 0 Å². The first kappa shape index (κ1) is 16.6. The van der Waals surface area contributed by atoms with E-state index in [-0.39, 0.29) is 6.04 Å². The molecule has 4 nitrogen and oxygen atoms in total. The Morgan fingerprint density at radius 2 is 1.82 bits per heavy atom. The van der Waals surface area contributed by atoms with Crippen molar-refractivity contribution in [2.24, 2.45) is 5.73 Å². The highest BCUT2D eigenvalue weighted by Crippen LogP contribution is 2.42. The van der Waals surface area contributed by atoms with Gasteiger partial charge in [-0.25, -0.2) is 4.79 Å². The van der Waals surface area contributed by atoms with Gasteiger partial charge in [0, 0.05) is 29.2 Å². The summed E-state index contributed by atoms with van der Waals surface area (Å²) in [7, 11) is 0. The van der Waals surface area contributed by atoms with Crippen molar-refractivity contribution < 1.29 is 4.79 Å². The minimum absolute atomic E-state index is 0.173. The predicted octanol–water partition coefficient (Wildman–Crippen LogP) is 5.13. The Hall–Kier alpha value is -3.53. The monoisotopic (exact) mass is 367 g/mol. The molecule has 0 fully saturated rings. The maximum atomic E-state index is 12.3. The molecule has 0 saturated carbocycles. The van der Waals surface area contributed by atoms with Crippen molar-refractivity contribution >= 4 is 16.9 Å². The molecule has 5 rings (SSSR count). The third kappa shape index (κ3) is 2.57. The molecule has 1 aliphatic heterocycles. The number of fused-ring (bicyclic) bond motifs is 2. The van der Waals surface area contributed by atoms with Crippen LogP contribution in [0.5, 0.6) is 0 Å². The third-order valence-electron chi connectivity index (χ3n) is 5.64. The molecule has 0 bridgehead atoms. The van der Waals surface area contributed by atoms with Gasteiger partial charge in [-0.1, -0.05) is 54.1 Å². The smallest absolute Gasteiger partial charge is 0.315 e. The van der Waals surface area contributed by atoms with Crippen LogP contribution in [-0.2, 0) is 6.54 Å². The predicted molar refractivity (Wildman–Crippen MR) is 112 cm³/mol. The molecule has 1 aromatic heterocycles. The Balaban J connectivity index is 1.66. The van der Waals surface area contributed by atoms with E-state index in [1.165, 1.54) is 11.1 Å². The lowest BCUT2D eigenvalue weighted by atomic mass is 9.94. The topological polar surface area (TPSA) is 62.1 Å². The molecule has 4 heteroatoms. The summed E-state index contributed by atoms with van der Waals surface area (Å²) in [5.74, 6) is 0. The molecule has 0 spiro atoms. The van der Waals surface area contributed by atoms with Gasteiger partial charge in [0.2, 0.25) is 0 Å². The largest absolute Gasteiger partial charge is 0.361 e. The van der Waals surface area contributed by atoms with Crippen molar-refractivity contribution in [1.82, 2.24) is 9.88 Å². The van der Waals surface area contributed by atoms with Crippen LogP contribution < -0.4 is 5.73 Å². The fraction of sp³-hybridized carbons (Fsp3) is 0.125. The molecule has 3 N–H and O–H groups in total. The van der Waals surface area contributed by atoms with Crippen LogP contribution in [0.1, 0.15) is 28.3 Å². The van der Waals surface area contributed by atoms with Crippen molar-refractivity contribution in [2.45, 2.75) is 19.5 Å². The van der Waals surface area contributed by atoms with Gasteiger partial charge in [-0.15, -0.1) is 0 Å². The van der Waals surface area contributed by atoms with E-state index in [0.29, 0.717) is 6.54 Å². The first-order valence-electron chi connectivity index (χ1n) is 9.44. The molecule has 2 amide bonds. The van der Waals surface area contributed by atoms with E-state index in [0.717, 1.165) is 33.2 Å². The van der Waals surface area contributed by atoms with Crippen LogP contribution in [0, 0.1) is 6.92 Å². The second kappa shape index (κ2) is 6.27. The van der Waals surface area contributed by atoms with E-state index in [9.17, 15) is 4.79 Å². The van der Waals surface area contributed by atoms with Crippen molar-refractivity contribution in [3.63, 3.8) is 0 Å². The van der Waals surface area contributed by atoms with Gasteiger partial charge in [-0.3, -0.25) is 0 Å². The number of nitrogens with zero attached hydrogens (tertiary/aromatic N) is 1. The van der Waals surface area contributed by atoms with Crippen LogP contribution in [0.25, 0.3) is 22.0 Å². The molecule has 1 aliphatic rings. The minimum atomic E-state index is -0.399. The number of carbonyl (C=O) groups is 1. The number of carbonyl (C=O) groups excluding carboxylic acids is 1. The van der Waals surface area contributed by atoms with Crippen molar-refractivity contribution in [1.29, 1.82) is 0 Å². The van der Waals surface area contributed by atoms with Gasteiger partial charge >= 0.3 is 6.03 Å². The zero-order valence-corrected chi connectivity index (χ0v) is 15.6. The van der Waals surface area contributed by atoms with Gasteiger partial charge in [-0.05, 0) is 47.4 Å². The number of nitrogens with one attached hydrogen (secondary N) is 1. The summed E-state index contributed by atoms with van der Waals surface area (Å²) in [6.07, 6.45) is 2.00. The average molecular weight is 367 g/mol. The second-order valence-corrected chi connectivity index (χ2v) is 7.44. The number of benzene rings is 3. The van der Waals surface area contributed by atoms with Crippen LogP contribution in [0.4, 0.5) is 4.79 Å². The van der Waals surface area contributed by atoms with E-state index in [4.69, 9.17) is 5.73 Å². The molecule has 0 saturated heterocycles. The van der Waals surface area contributed by atoms with Crippen molar-refractivity contribution in [2.75, 3.05) is 0 Å². The van der Waals surface area contributed by atoms with Crippen molar-refractivity contribution in [3.8, 4) is 11.1 Å². The highest BCUT2D eigenvalue weighted by Gasteiger charge is 2.35. The summed E-state index contributed by atoms with van der Waals surface area (Å²) < 4.78 is 0. The van der Waals surface area contributed by atoms with Gasteiger partial charge in [-0.2, -0.15) is 0 Å². The van der Waals surface area contributed by atoms with Crippen LogP contribution in [0.3, 0.4) is 0 Å². The summed E-state index contributed by atoms with van der Waals surface area (Å²) in [6, 6.07) is 22.5. The van der Waals surface area contributed by atoms with E-state index >= 15 is 0 Å². The quantitative estimate of drug-likeness (QED) is 0.507. The van der Waals surface area contributed by atoms with E-state index in [2.05, 4.69) is 60.4 Å². The molecular weight excluding hydrogens is 346 g/mol. The number of hydrogen-bond acceptors (Lipinski definition) is 1. The van der Waals surface area contributed by atoms with Gasteiger partial charge in [0.25, 0.3) is 0 Å². The van der Waals surface area contributed by atoms with E-state index < -0.39 is 6.03 Å². The Morgan fingerprint density at radius 3 is 2.61 bits per heavy atom. The molecule has 2 heterocycles. The molecule has 138 valence electrons. The summed E-state index contributed by atoms with van der Waals surface area (Å²) in [5.41, 5.74) is 13.7. The SMILES string of the molecule is Cc1ccc2[nH]cc(C3c4ccc(-c5ccccc5)cc4CN3C(N)=O)c2c1. The number of H-pyrrole nitrogens is 1. The van der Waals surface area contributed by atoms with Gasteiger partial charge in [0.05, 0.1) is 6.04 Å². The highest BCUT2D eigenvalue weighted by atomic mass is 16.2. The molecule has 1 atom stereocenters. The van der Waals surface area contributed by atoms with Gasteiger partial charge in [0.15, 0.2) is 0 Å². The maximum Gasteiger partial charge on any atom is 0.315 e. The molecule has 1 unspecified atom stereocenters. The fourth-order valence-electron chi connectivity index (χ4n) is 4.29. The average Bonchev–Trinajstić information content (AvgIpc) is 3.28. The van der Waals surface area contributed by atoms with Gasteiger partial charge in [0.1, 0.15) is 0 Å². The second-order valence-electron chi connectivity index (χ2n) is 7.44. The molecular formula is C24H21N3O. The summed E-state index contributed by atoms with van der Waals surface area (Å²) in [5, 5.41) is 1.14. The molecule has 0 aliphatic carbocycles. The number of aromatic amines is 1. The van der Waals surface area contributed by atoms with Gasteiger partial charge < -0.3 is 15.6 Å². The van der Waals surface area contributed by atoms with E-state index in [1.807, 2.05) is 24.4 Å². The first-order chi connectivity index (χ1) is 13.6. The standard InChI is InChI=1S/C24H21N3O/c1-15-7-10-22-20(11-15)21(13-26-22)23-19-9-8-17(16-5-3-2-4-6-16)12-18(19)14-27(23)24(25)28/h2-13,23,26H,14H2,1H3,(H2,25,28). The number of urea groups is 1. The summed E-state index contributed by atoms with van der Waals surface area (Å²) in [4.78, 5) is 17.4. The summed E-state index contributed by atoms with van der Waals surface area (Å²) >= 11 is 0. The van der Waals surface area contributed by atoms with E-state index in [1.54, 1.807) is 4.90 Å². The Labute approximate surface area is 163 Å². The Kier molecular flexibility index (Phi) is 3.72. The minimum Gasteiger partial charge on any atom is -0.361 e. The number of nitrogens with two attached hydrogens (primary N) is 1. The third-order valence-corrected chi connectivity index (χ3v) is 5.64. The molecule has 28 heavy (non-hydrogen) atoms. The zero-order valence-electron chi connectivity index (χ0n) is 15.6. The number of primary amides is 1. The number of hydrogen-bond donors (Lipinski definition) is 2. The normalized spacial score (nSPS) is 15.8. The Morgan fingerprint density at radius 1 is 1.00 bits per heavy atom. The summed E-state index contributed by atoms with van der Waals surface area (Å²) in [6.45, 7) is 2.60. The van der Waals surface area contributed by atoms with Crippen LogP contribution in [-0.4, -0.2) is 15.9 Å². The molecule has 4 aromatic rings. The van der Waals surface area contributed by atoms with Crippen molar-refractivity contribution in [3.05, 3.63) is 95.2 Å². The Bertz CT molecular complexity index is 1190. The number of aromatic nitrogens is 1. The number of rotatable bonds is 2. The zero-order chi connectivity index (χ0) is 19.3. The van der Waals surface area contributed by atoms with Crippen LogP contribution in [0.15, 0.2) is 72.9 Å².